The summed E-state index contributed by atoms with van der Waals surface area (Å²) in [7, 11) is 0. The summed E-state index contributed by atoms with van der Waals surface area (Å²) in [5.74, 6) is 0. The van der Waals surface area contributed by atoms with Crippen molar-refractivity contribution >= 4 is 11.6 Å². The lowest BCUT2D eigenvalue weighted by Crippen LogP contribution is -2.23. The summed E-state index contributed by atoms with van der Waals surface area (Å²) >= 11 is 5.98. The van der Waals surface area contributed by atoms with E-state index in [1.54, 1.807) is 0 Å². The maximum absolute atomic E-state index is 5.98. The molecule has 0 unspecified atom stereocenters. The second kappa shape index (κ2) is 7.98. The van der Waals surface area contributed by atoms with Crippen LogP contribution in [0.15, 0.2) is 67.0 Å². The van der Waals surface area contributed by atoms with Crippen LogP contribution < -0.4 is 0 Å². The standard InChI is InChI=1S/C22H22ClN3/c23-19-10-8-17(9-11-19)14-20-5-1-6-21(25-20)22-7-3-13-26(22)16-18-4-2-12-24-15-18/h1-2,4-6,8-12,15,22H,3,7,13-14,16H2/t22-/m1/s1. The Morgan fingerprint density at radius 3 is 2.69 bits per heavy atom. The van der Waals surface area contributed by atoms with Gasteiger partial charge < -0.3 is 0 Å². The van der Waals surface area contributed by atoms with Crippen LogP contribution >= 0.6 is 11.6 Å². The average molecular weight is 364 g/mol. The van der Waals surface area contributed by atoms with Crippen molar-refractivity contribution in [1.82, 2.24) is 14.9 Å². The number of halogens is 1. The van der Waals surface area contributed by atoms with Crippen LogP contribution in [-0.2, 0) is 13.0 Å². The summed E-state index contributed by atoms with van der Waals surface area (Å²) in [6, 6.07) is 19.0. The lowest BCUT2D eigenvalue weighted by atomic mass is 10.1. The number of benzene rings is 1. The Hall–Kier alpha value is -2.23. The van der Waals surface area contributed by atoms with Gasteiger partial charge in [0.25, 0.3) is 0 Å². The molecule has 26 heavy (non-hydrogen) atoms. The third-order valence-corrected chi connectivity index (χ3v) is 5.19. The molecule has 0 radical (unpaired) electrons. The van der Waals surface area contributed by atoms with E-state index in [1.807, 2.05) is 30.6 Å². The van der Waals surface area contributed by atoms with Crippen molar-refractivity contribution in [3.8, 4) is 0 Å². The van der Waals surface area contributed by atoms with Gasteiger partial charge >= 0.3 is 0 Å². The van der Waals surface area contributed by atoms with Crippen LogP contribution in [0.25, 0.3) is 0 Å². The van der Waals surface area contributed by atoms with Gasteiger partial charge in [0.2, 0.25) is 0 Å². The van der Waals surface area contributed by atoms with Crippen molar-refractivity contribution < 1.29 is 0 Å². The summed E-state index contributed by atoms with van der Waals surface area (Å²) < 4.78 is 0. The molecule has 3 nitrogen and oxygen atoms in total. The van der Waals surface area contributed by atoms with Crippen LogP contribution in [-0.4, -0.2) is 21.4 Å². The van der Waals surface area contributed by atoms with E-state index in [1.165, 1.54) is 23.2 Å². The number of hydrogen-bond donors (Lipinski definition) is 0. The van der Waals surface area contributed by atoms with Crippen molar-refractivity contribution in [2.24, 2.45) is 0 Å². The third kappa shape index (κ3) is 4.12. The minimum absolute atomic E-state index is 0.389. The van der Waals surface area contributed by atoms with Gasteiger partial charge in [-0.2, -0.15) is 0 Å². The average Bonchev–Trinajstić information content (AvgIpc) is 3.13. The first-order valence-corrected chi connectivity index (χ1v) is 9.49. The number of pyridine rings is 2. The predicted molar refractivity (Wildman–Crippen MR) is 105 cm³/mol. The zero-order chi connectivity index (χ0) is 17.8. The molecule has 1 atom stereocenters. The molecule has 1 aliphatic heterocycles. The molecule has 1 fully saturated rings. The monoisotopic (exact) mass is 363 g/mol. The highest BCUT2D eigenvalue weighted by Gasteiger charge is 2.27. The minimum atomic E-state index is 0.389. The van der Waals surface area contributed by atoms with Gasteiger partial charge in [-0.05, 0) is 60.8 Å². The largest absolute Gasteiger partial charge is 0.290 e. The Morgan fingerprint density at radius 1 is 1.00 bits per heavy atom. The van der Waals surface area contributed by atoms with E-state index >= 15 is 0 Å². The Kier molecular flexibility index (Phi) is 5.28. The van der Waals surface area contributed by atoms with Crippen molar-refractivity contribution in [2.75, 3.05) is 6.54 Å². The first kappa shape index (κ1) is 17.2. The second-order valence-corrected chi connectivity index (χ2v) is 7.28. The summed E-state index contributed by atoms with van der Waals surface area (Å²) in [6.45, 7) is 2.05. The Labute approximate surface area is 159 Å². The van der Waals surface area contributed by atoms with Crippen LogP contribution in [0.2, 0.25) is 5.02 Å². The van der Waals surface area contributed by atoms with Gasteiger partial charge in [0.1, 0.15) is 0 Å². The Morgan fingerprint density at radius 2 is 1.88 bits per heavy atom. The third-order valence-electron chi connectivity index (χ3n) is 4.94. The molecule has 4 heteroatoms. The molecule has 0 spiro atoms. The maximum atomic E-state index is 5.98. The quantitative estimate of drug-likeness (QED) is 0.634. The van der Waals surface area contributed by atoms with Crippen LogP contribution in [0.1, 0.15) is 41.4 Å². The van der Waals surface area contributed by atoms with Crippen molar-refractivity contribution in [3.05, 3.63) is 94.5 Å². The summed E-state index contributed by atoms with van der Waals surface area (Å²) in [4.78, 5) is 11.7. The Balaban J connectivity index is 1.50. The van der Waals surface area contributed by atoms with Crippen LogP contribution in [0.3, 0.4) is 0 Å². The number of hydrogen-bond acceptors (Lipinski definition) is 3. The normalized spacial score (nSPS) is 17.5. The van der Waals surface area contributed by atoms with Crippen LogP contribution in [0.5, 0.6) is 0 Å². The highest BCUT2D eigenvalue weighted by molar-refractivity contribution is 6.30. The lowest BCUT2D eigenvalue weighted by molar-refractivity contribution is 0.244. The molecule has 0 aliphatic carbocycles. The molecular formula is C22H22ClN3. The second-order valence-electron chi connectivity index (χ2n) is 6.85. The van der Waals surface area contributed by atoms with Gasteiger partial charge in [-0.3, -0.25) is 14.9 Å². The summed E-state index contributed by atoms with van der Waals surface area (Å²) in [5.41, 5.74) is 4.78. The maximum Gasteiger partial charge on any atom is 0.0578 e. The molecule has 0 N–H and O–H groups in total. The fourth-order valence-electron chi connectivity index (χ4n) is 3.67. The number of rotatable bonds is 5. The predicted octanol–water partition coefficient (Wildman–Crippen LogP) is 5.06. The van der Waals surface area contributed by atoms with Crippen molar-refractivity contribution in [3.63, 3.8) is 0 Å². The zero-order valence-corrected chi connectivity index (χ0v) is 15.4. The fraction of sp³-hybridized carbons (Fsp3) is 0.273. The Bertz CT molecular complexity index is 849. The van der Waals surface area contributed by atoms with Crippen LogP contribution in [0, 0.1) is 0 Å². The van der Waals surface area contributed by atoms with Gasteiger partial charge in [0.05, 0.1) is 11.7 Å². The van der Waals surface area contributed by atoms with Gasteiger partial charge in [-0.1, -0.05) is 35.9 Å². The molecule has 4 rings (SSSR count). The topological polar surface area (TPSA) is 29.0 Å². The van der Waals surface area contributed by atoms with E-state index in [2.05, 4.69) is 46.3 Å². The smallest absolute Gasteiger partial charge is 0.0578 e. The first-order chi connectivity index (χ1) is 12.8. The number of aromatic nitrogens is 2. The molecule has 0 bridgehead atoms. The van der Waals surface area contributed by atoms with Crippen molar-refractivity contribution in [2.45, 2.75) is 31.8 Å². The SMILES string of the molecule is Clc1ccc(Cc2cccc([C@H]3CCCN3Cc3cccnc3)n2)cc1. The number of likely N-dealkylation sites (tertiary alicyclic amines) is 1. The van der Waals surface area contributed by atoms with Crippen molar-refractivity contribution in [1.29, 1.82) is 0 Å². The van der Waals surface area contributed by atoms with E-state index in [0.717, 1.165) is 36.6 Å². The summed E-state index contributed by atoms with van der Waals surface area (Å²) in [6.07, 6.45) is 7.00. The molecular weight excluding hydrogens is 342 g/mol. The fourth-order valence-corrected chi connectivity index (χ4v) is 3.80. The van der Waals surface area contributed by atoms with E-state index in [-0.39, 0.29) is 0 Å². The highest BCUT2D eigenvalue weighted by atomic mass is 35.5. The van der Waals surface area contributed by atoms with Gasteiger partial charge in [-0.15, -0.1) is 0 Å². The lowest BCUT2D eigenvalue weighted by Gasteiger charge is -2.24. The summed E-state index contributed by atoms with van der Waals surface area (Å²) in [5, 5.41) is 0.771. The molecule has 3 aromatic rings. The van der Waals surface area contributed by atoms with Gasteiger partial charge in [0, 0.05) is 36.1 Å². The van der Waals surface area contributed by atoms with E-state index in [9.17, 15) is 0 Å². The van der Waals surface area contributed by atoms with E-state index in [0.29, 0.717) is 6.04 Å². The van der Waals surface area contributed by atoms with Gasteiger partial charge in [-0.25, -0.2) is 0 Å². The first-order valence-electron chi connectivity index (χ1n) is 9.11. The van der Waals surface area contributed by atoms with Crippen LogP contribution in [0.4, 0.5) is 0 Å². The molecule has 1 aliphatic rings. The van der Waals surface area contributed by atoms with E-state index < -0.39 is 0 Å². The molecule has 132 valence electrons. The zero-order valence-electron chi connectivity index (χ0n) is 14.7. The molecule has 0 amide bonds. The van der Waals surface area contributed by atoms with E-state index in [4.69, 9.17) is 16.6 Å². The molecule has 1 aromatic carbocycles. The highest BCUT2D eigenvalue weighted by Crippen LogP contribution is 2.32. The molecule has 1 saturated heterocycles. The number of nitrogens with zero attached hydrogens (tertiary/aromatic N) is 3. The molecule has 0 saturated carbocycles. The van der Waals surface area contributed by atoms with Gasteiger partial charge in [0.15, 0.2) is 0 Å². The molecule has 3 heterocycles. The minimum Gasteiger partial charge on any atom is -0.290 e. The molecule has 2 aromatic heterocycles.